The minimum atomic E-state index is -5.92. The zero-order chi connectivity index (χ0) is 24.4. The molecule has 3 amide bonds. The Morgan fingerprint density at radius 2 is 1.59 bits per heavy atom. The predicted molar refractivity (Wildman–Crippen MR) is 101 cm³/mol. The van der Waals surface area contributed by atoms with Crippen LogP contribution in [0.5, 0.6) is 5.75 Å². The molecule has 0 aliphatic heterocycles. The quantitative estimate of drug-likeness (QED) is 0.430. The number of hydrogen-bond acceptors (Lipinski definition) is 3. The highest BCUT2D eigenvalue weighted by Gasteiger charge is 2.59. The lowest BCUT2D eigenvalue weighted by atomic mass is 10.2. The first-order valence-electron chi connectivity index (χ1n) is 7.96. The van der Waals surface area contributed by atoms with Gasteiger partial charge in [-0.3, -0.25) is 10.1 Å². The summed E-state index contributed by atoms with van der Waals surface area (Å²) in [5.74, 6) is -3.40. The molecule has 2 rings (SSSR count). The summed E-state index contributed by atoms with van der Waals surface area (Å²) in [6.07, 6.45) is -15.9. The number of alkyl halides is 6. The number of carbonyl (C=O) groups is 2. The highest BCUT2D eigenvalue weighted by atomic mass is 35.5. The third-order valence-corrected chi connectivity index (χ3v) is 4.44. The van der Waals surface area contributed by atoms with Gasteiger partial charge in [0.25, 0.3) is 12.1 Å². The van der Waals surface area contributed by atoms with Gasteiger partial charge in [0.1, 0.15) is 11.6 Å². The third-order valence-electron chi connectivity index (χ3n) is 3.52. The Balaban J connectivity index is 2.16. The molecule has 2 N–H and O–H groups in total. The topological polar surface area (TPSA) is 67.4 Å². The maximum atomic E-state index is 13.7. The number of nitrogens with one attached hydrogen (secondary N) is 2. The van der Waals surface area contributed by atoms with Crippen molar-refractivity contribution in [1.82, 2.24) is 5.32 Å². The second-order valence-electron chi connectivity index (χ2n) is 5.84. The van der Waals surface area contributed by atoms with Crippen LogP contribution in [0, 0.1) is 5.82 Å². The Labute approximate surface area is 189 Å². The van der Waals surface area contributed by atoms with Crippen LogP contribution in [0.1, 0.15) is 10.4 Å². The van der Waals surface area contributed by atoms with Gasteiger partial charge in [0.05, 0.1) is 26.3 Å². The van der Waals surface area contributed by atoms with E-state index in [1.165, 1.54) is 12.1 Å². The van der Waals surface area contributed by atoms with Crippen molar-refractivity contribution in [2.45, 2.75) is 18.5 Å². The minimum Gasteiger partial charge on any atom is -0.428 e. The number of amides is 3. The fraction of sp³-hybridized carbons (Fsp3) is 0.176. The highest BCUT2D eigenvalue weighted by molar-refractivity contribution is 6.37. The highest BCUT2D eigenvalue weighted by Crippen LogP contribution is 2.41. The van der Waals surface area contributed by atoms with E-state index in [1.54, 1.807) is 5.32 Å². The summed E-state index contributed by atoms with van der Waals surface area (Å²) in [4.78, 5) is 24.0. The Hall–Kier alpha value is -2.44. The first-order valence-corrected chi connectivity index (χ1v) is 9.10. The summed E-state index contributed by atoms with van der Waals surface area (Å²) in [5.41, 5.74) is -1.06. The number of halogens is 10. The lowest BCUT2D eigenvalue weighted by molar-refractivity contribution is -0.304. The standard InChI is InChI=1S/C17H8Cl3F7N2O3/c18-6-2-1-3-9(21)12(6)13(30)29-15(31)28-10-4-8(20)11(5-7(10)19)32-17(26,27)14(22)16(23,24)25/h1-5,14H,(H2,28,29,30,31). The van der Waals surface area contributed by atoms with Crippen LogP contribution < -0.4 is 15.4 Å². The molecule has 0 saturated carbocycles. The molecule has 2 aromatic carbocycles. The van der Waals surface area contributed by atoms with Gasteiger partial charge in [0.2, 0.25) is 0 Å². The number of imide groups is 1. The summed E-state index contributed by atoms with van der Waals surface area (Å²) in [6, 6.07) is 3.17. The largest absolute Gasteiger partial charge is 0.439 e. The van der Waals surface area contributed by atoms with E-state index in [0.29, 0.717) is 12.1 Å². The van der Waals surface area contributed by atoms with Gasteiger partial charge in [-0.2, -0.15) is 22.0 Å². The molecule has 0 spiro atoms. The molecule has 0 aliphatic carbocycles. The van der Waals surface area contributed by atoms with Crippen LogP contribution in [-0.2, 0) is 0 Å². The zero-order valence-electron chi connectivity index (χ0n) is 15.0. The van der Waals surface area contributed by atoms with Gasteiger partial charge in [0.15, 0.2) is 0 Å². The maximum Gasteiger partial charge on any atom is 0.439 e. The van der Waals surface area contributed by atoms with Crippen LogP contribution >= 0.6 is 34.8 Å². The van der Waals surface area contributed by atoms with E-state index < -0.39 is 63.3 Å². The SMILES string of the molecule is O=C(NC(=O)c1c(F)cccc1Cl)Nc1cc(Cl)c(OC(F)(F)C(F)C(F)(F)F)cc1Cl. The Morgan fingerprint density at radius 3 is 2.16 bits per heavy atom. The summed E-state index contributed by atoms with van der Waals surface area (Å²) in [5, 5.41) is 2.01. The van der Waals surface area contributed by atoms with Gasteiger partial charge in [0, 0.05) is 6.07 Å². The van der Waals surface area contributed by atoms with Crippen molar-refractivity contribution in [3.63, 3.8) is 0 Å². The van der Waals surface area contributed by atoms with Gasteiger partial charge < -0.3 is 10.1 Å². The lowest BCUT2D eigenvalue weighted by Crippen LogP contribution is -2.45. The van der Waals surface area contributed by atoms with Crippen LogP contribution in [0.3, 0.4) is 0 Å². The van der Waals surface area contributed by atoms with Crippen molar-refractivity contribution in [3.05, 3.63) is 56.8 Å². The zero-order valence-corrected chi connectivity index (χ0v) is 17.2. The van der Waals surface area contributed by atoms with Crippen molar-refractivity contribution >= 4 is 52.4 Å². The number of benzene rings is 2. The van der Waals surface area contributed by atoms with Crippen LogP contribution in [-0.4, -0.2) is 30.4 Å². The first kappa shape index (κ1) is 25.8. The summed E-state index contributed by atoms with van der Waals surface area (Å²) in [6.45, 7) is 0. The number of ether oxygens (including phenoxy) is 1. The molecule has 174 valence electrons. The van der Waals surface area contributed by atoms with Crippen molar-refractivity contribution in [2.24, 2.45) is 0 Å². The molecule has 0 aliphatic rings. The van der Waals surface area contributed by atoms with Crippen LogP contribution in [0.2, 0.25) is 15.1 Å². The smallest absolute Gasteiger partial charge is 0.428 e. The van der Waals surface area contributed by atoms with Crippen molar-refractivity contribution < 1.29 is 45.1 Å². The predicted octanol–water partition coefficient (Wildman–Crippen LogP) is 6.62. The Kier molecular flexibility index (Phi) is 7.74. The monoisotopic (exact) mass is 526 g/mol. The van der Waals surface area contributed by atoms with Crippen LogP contribution in [0.15, 0.2) is 30.3 Å². The molecular formula is C17H8Cl3F7N2O3. The van der Waals surface area contributed by atoms with E-state index >= 15 is 0 Å². The molecule has 0 aromatic heterocycles. The molecule has 0 heterocycles. The van der Waals surface area contributed by atoms with Gasteiger partial charge >= 0.3 is 18.3 Å². The third kappa shape index (κ3) is 6.08. The van der Waals surface area contributed by atoms with E-state index in [2.05, 4.69) is 4.74 Å². The number of anilines is 1. The van der Waals surface area contributed by atoms with Crippen molar-refractivity contribution in [1.29, 1.82) is 0 Å². The molecule has 0 radical (unpaired) electrons. The second kappa shape index (κ2) is 9.59. The molecule has 0 saturated heterocycles. The van der Waals surface area contributed by atoms with E-state index in [4.69, 9.17) is 34.8 Å². The van der Waals surface area contributed by atoms with Gasteiger partial charge in [-0.1, -0.05) is 40.9 Å². The minimum absolute atomic E-state index is 0.302. The molecule has 15 heteroatoms. The van der Waals surface area contributed by atoms with Gasteiger partial charge in [-0.25, -0.2) is 13.6 Å². The van der Waals surface area contributed by atoms with Gasteiger partial charge in [-0.05, 0) is 18.2 Å². The molecule has 1 unspecified atom stereocenters. The summed E-state index contributed by atoms with van der Waals surface area (Å²) >= 11 is 17.1. The summed E-state index contributed by atoms with van der Waals surface area (Å²) in [7, 11) is 0. The van der Waals surface area contributed by atoms with Gasteiger partial charge in [-0.15, -0.1) is 0 Å². The molecule has 1 atom stereocenters. The number of urea groups is 1. The normalized spacial score (nSPS) is 12.8. The van der Waals surface area contributed by atoms with Crippen LogP contribution in [0.4, 0.5) is 41.2 Å². The Morgan fingerprint density at radius 1 is 0.969 bits per heavy atom. The molecule has 32 heavy (non-hydrogen) atoms. The molecular weight excluding hydrogens is 520 g/mol. The van der Waals surface area contributed by atoms with Crippen molar-refractivity contribution in [3.8, 4) is 5.75 Å². The van der Waals surface area contributed by atoms with E-state index in [-0.39, 0.29) is 5.02 Å². The van der Waals surface area contributed by atoms with Crippen LogP contribution in [0.25, 0.3) is 0 Å². The average Bonchev–Trinajstić information content (AvgIpc) is 2.64. The first-order chi connectivity index (χ1) is 14.6. The molecule has 0 bridgehead atoms. The molecule has 5 nitrogen and oxygen atoms in total. The fourth-order valence-corrected chi connectivity index (χ4v) is 2.78. The number of rotatable bonds is 5. The maximum absolute atomic E-state index is 13.7. The van der Waals surface area contributed by atoms with E-state index in [9.17, 15) is 40.3 Å². The molecule has 2 aromatic rings. The Bertz CT molecular complexity index is 1030. The van der Waals surface area contributed by atoms with E-state index in [1.807, 2.05) is 5.32 Å². The summed E-state index contributed by atoms with van der Waals surface area (Å²) < 4.78 is 93.8. The van der Waals surface area contributed by atoms with E-state index in [0.717, 1.165) is 6.07 Å². The van der Waals surface area contributed by atoms with Crippen molar-refractivity contribution in [2.75, 3.05) is 5.32 Å². The molecule has 0 fully saturated rings. The average molecular weight is 528 g/mol. The number of carbonyl (C=O) groups excluding carboxylic acids is 2. The lowest BCUT2D eigenvalue weighted by Gasteiger charge is -2.24. The number of hydrogen-bond donors (Lipinski definition) is 2. The second-order valence-corrected chi connectivity index (χ2v) is 7.06. The fourth-order valence-electron chi connectivity index (χ4n) is 2.13.